The van der Waals surface area contributed by atoms with Gasteiger partial charge in [-0.1, -0.05) is 0 Å². The monoisotopic (exact) mass is 200 g/mol. The van der Waals surface area contributed by atoms with Gasteiger partial charge >= 0.3 is 75.5 Å². The van der Waals surface area contributed by atoms with Crippen molar-refractivity contribution >= 4 is 105 Å². The van der Waals surface area contributed by atoms with Crippen molar-refractivity contribution in [3.05, 3.63) is 0 Å². The standard InChI is InChI=1S/BrH.2Ca.ClH.4H/h1H;;;1H;;;;. The zero-order valence-electron chi connectivity index (χ0n) is 0.816. The fourth-order valence-electron chi connectivity index (χ4n) is 0. The molecule has 0 nitrogen and oxygen atoms in total. The predicted molar refractivity (Wildman–Crippen MR) is 34.7 cm³/mol. The minimum absolute atomic E-state index is 0. The van der Waals surface area contributed by atoms with E-state index in [9.17, 15) is 0 Å². The van der Waals surface area contributed by atoms with Crippen LogP contribution in [0.25, 0.3) is 0 Å². The molecule has 4 heavy (non-hydrogen) atoms. The molecule has 0 aromatic heterocycles. The first-order chi connectivity index (χ1) is 0. The number of rotatable bonds is 0. The molecule has 0 radical (unpaired) electrons. The van der Waals surface area contributed by atoms with E-state index in [2.05, 4.69) is 0 Å². The van der Waals surface area contributed by atoms with Crippen LogP contribution in [0.1, 0.15) is 0 Å². The first-order valence-electron chi connectivity index (χ1n) is 0. The van der Waals surface area contributed by atoms with Crippen LogP contribution in [0.4, 0.5) is 0 Å². The molecule has 0 fully saturated rings. The summed E-state index contributed by atoms with van der Waals surface area (Å²) in [6.07, 6.45) is 0. The summed E-state index contributed by atoms with van der Waals surface area (Å²) in [6.45, 7) is 0. The van der Waals surface area contributed by atoms with Gasteiger partial charge in [-0.15, -0.1) is 29.4 Å². The van der Waals surface area contributed by atoms with E-state index >= 15 is 0 Å². The van der Waals surface area contributed by atoms with Crippen molar-refractivity contribution in [2.45, 2.75) is 0 Å². The minimum atomic E-state index is 0. The van der Waals surface area contributed by atoms with Crippen molar-refractivity contribution in [3.63, 3.8) is 0 Å². The zero-order chi connectivity index (χ0) is 0. The quantitative estimate of drug-likeness (QED) is 0.449. The Hall–Kier alpha value is 3.29. The fourth-order valence-corrected chi connectivity index (χ4v) is 0. The average Bonchev–Trinajstić information content (AvgIpc) is 0. The van der Waals surface area contributed by atoms with E-state index in [1.165, 1.54) is 0 Å². The second-order valence-corrected chi connectivity index (χ2v) is 0. The Labute approximate surface area is 102 Å². The molecule has 0 unspecified atom stereocenters. The Kier molecular flexibility index (Phi) is 108. The molecule has 0 bridgehead atoms. The summed E-state index contributed by atoms with van der Waals surface area (Å²) in [4.78, 5) is 0. The molecule has 0 saturated heterocycles. The van der Waals surface area contributed by atoms with Gasteiger partial charge in [0, 0.05) is 0 Å². The summed E-state index contributed by atoms with van der Waals surface area (Å²) in [7, 11) is 0. The van der Waals surface area contributed by atoms with Crippen molar-refractivity contribution in [2.24, 2.45) is 0 Å². The van der Waals surface area contributed by atoms with Gasteiger partial charge in [0.05, 0.1) is 0 Å². The molecule has 0 heterocycles. The molecule has 0 aliphatic heterocycles. The van der Waals surface area contributed by atoms with Gasteiger partial charge in [-0.2, -0.15) is 0 Å². The van der Waals surface area contributed by atoms with Gasteiger partial charge in [-0.05, 0) is 0 Å². The Morgan fingerprint density at radius 1 is 0.750 bits per heavy atom. The van der Waals surface area contributed by atoms with E-state index in [1.54, 1.807) is 0 Å². The van der Waals surface area contributed by atoms with Crippen LogP contribution in [0.3, 0.4) is 0 Å². The molecule has 24 valence electrons. The Morgan fingerprint density at radius 2 is 0.750 bits per heavy atom. The summed E-state index contributed by atoms with van der Waals surface area (Å²) in [5, 5.41) is 0. The summed E-state index contributed by atoms with van der Waals surface area (Å²) in [6, 6.07) is 0. The number of hydrogen-bond acceptors (Lipinski definition) is 0. The normalized spacial score (nSPS) is 0. The first kappa shape index (κ1) is 26.6. The maximum atomic E-state index is 0. The zero-order valence-corrected chi connectivity index (χ0v) is 3.35. The van der Waals surface area contributed by atoms with Crippen LogP contribution in [0.2, 0.25) is 0 Å². The van der Waals surface area contributed by atoms with E-state index in [-0.39, 0.29) is 105 Å². The molecule has 0 saturated carbocycles. The summed E-state index contributed by atoms with van der Waals surface area (Å²) in [5.74, 6) is 0. The van der Waals surface area contributed by atoms with Crippen LogP contribution in [-0.4, -0.2) is 75.5 Å². The van der Waals surface area contributed by atoms with Gasteiger partial charge < -0.3 is 0 Å². The second-order valence-electron chi connectivity index (χ2n) is 0. The van der Waals surface area contributed by atoms with Crippen LogP contribution < -0.4 is 0 Å². The molecular formula is H6BrCa2Cl. The average molecular weight is 202 g/mol. The summed E-state index contributed by atoms with van der Waals surface area (Å²) >= 11 is 0. The molecule has 4 heteroatoms. The van der Waals surface area contributed by atoms with Gasteiger partial charge in [0.2, 0.25) is 0 Å². The van der Waals surface area contributed by atoms with Gasteiger partial charge in [-0.25, -0.2) is 0 Å². The van der Waals surface area contributed by atoms with Crippen LogP contribution in [0, 0.1) is 0 Å². The molecule has 0 aromatic rings. The predicted octanol–water partition coefficient (Wildman–Crippen LogP) is -0.833. The van der Waals surface area contributed by atoms with Crippen LogP contribution in [0.15, 0.2) is 0 Å². The maximum absolute atomic E-state index is 0. The number of hydrogen-bond donors (Lipinski definition) is 0. The third-order valence-corrected chi connectivity index (χ3v) is 0. The van der Waals surface area contributed by atoms with Crippen LogP contribution in [-0.2, 0) is 0 Å². The third kappa shape index (κ3) is 8.99. The van der Waals surface area contributed by atoms with Crippen LogP contribution >= 0.6 is 29.4 Å². The SMILES string of the molecule is Br.Cl.[CaH2].[CaH2]. The third-order valence-electron chi connectivity index (χ3n) is 0. The van der Waals surface area contributed by atoms with Crippen molar-refractivity contribution in [1.82, 2.24) is 0 Å². The Balaban J connectivity index is 0. The molecule has 0 atom stereocenters. The Bertz CT molecular complexity index is 6.00. The van der Waals surface area contributed by atoms with Crippen molar-refractivity contribution in [3.8, 4) is 0 Å². The molecule has 0 N–H and O–H groups in total. The molecular weight excluding hydrogens is 196 g/mol. The topological polar surface area (TPSA) is 0 Å². The Morgan fingerprint density at radius 3 is 0.750 bits per heavy atom. The van der Waals surface area contributed by atoms with E-state index in [1.807, 2.05) is 0 Å². The van der Waals surface area contributed by atoms with Crippen molar-refractivity contribution in [2.75, 3.05) is 0 Å². The first-order valence-corrected chi connectivity index (χ1v) is 0. The molecule has 0 aliphatic carbocycles. The van der Waals surface area contributed by atoms with E-state index in [4.69, 9.17) is 0 Å². The van der Waals surface area contributed by atoms with Gasteiger partial charge in [0.25, 0.3) is 0 Å². The van der Waals surface area contributed by atoms with Gasteiger partial charge in [0.1, 0.15) is 0 Å². The van der Waals surface area contributed by atoms with E-state index < -0.39 is 0 Å². The van der Waals surface area contributed by atoms with Crippen LogP contribution in [0.5, 0.6) is 0 Å². The van der Waals surface area contributed by atoms with Crippen molar-refractivity contribution in [1.29, 1.82) is 0 Å². The van der Waals surface area contributed by atoms with E-state index in [0.29, 0.717) is 0 Å². The molecule has 0 aliphatic rings. The number of halogens is 2. The molecule has 0 rings (SSSR count). The molecule has 0 amide bonds. The van der Waals surface area contributed by atoms with Crippen molar-refractivity contribution < 1.29 is 0 Å². The molecule has 0 aromatic carbocycles. The summed E-state index contributed by atoms with van der Waals surface area (Å²) < 4.78 is 0. The summed E-state index contributed by atoms with van der Waals surface area (Å²) in [5.41, 5.74) is 0. The van der Waals surface area contributed by atoms with Gasteiger partial charge in [-0.3, -0.25) is 0 Å². The fraction of sp³-hybridized carbons (Fsp3) is 0. The van der Waals surface area contributed by atoms with Gasteiger partial charge in [0.15, 0.2) is 0 Å². The van der Waals surface area contributed by atoms with E-state index in [0.717, 1.165) is 0 Å². The molecule has 0 spiro atoms. The second kappa shape index (κ2) is 16.3.